The van der Waals surface area contributed by atoms with Crippen LogP contribution in [0.4, 0.5) is 0 Å². The molecule has 15 heavy (non-hydrogen) atoms. The van der Waals surface area contributed by atoms with Crippen molar-refractivity contribution in [3.8, 4) is 0 Å². The zero-order valence-corrected chi connectivity index (χ0v) is 9.30. The number of hydrogen-bond donors (Lipinski definition) is 0. The third-order valence-corrected chi connectivity index (χ3v) is 2.27. The minimum absolute atomic E-state index is 0.205. The molecule has 0 aliphatic rings. The number of ether oxygens (including phenoxy) is 1. The van der Waals surface area contributed by atoms with Crippen LogP contribution in [0.3, 0.4) is 0 Å². The maximum atomic E-state index is 11.0. The number of methoxy groups -OCH3 is 1. The number of rotatable bonds is 5. The van der Waals surface area contributed by atoms with Crippen LogP contribution in [0.2, 0.25) is 0 Å². The highest BCUT2D eigenvalue weighted by Gasteiger charge is 2.20. The Hall–Kier alpha value is -1.29. The van der Waals surface area contributed by atoms with E-state index in [1.165, 1.54) is 0 Å². The molecular formula is C11H16N2O2. The largest absolute Gasteiger partial charge is 0.378 e. The number of carbonyl (C=O) groups excluding carboxylic acids is 1. The summed E-state index contributed by atoms with van der Waals surface area (Å²) in [5.41, 5.74) is 1.47. The Morgan fingerprint density at radius 2 is 2.07 bits per heavy atom. The van der Waals surface area contributed by atoms with Gasteiger partial charge in [0.05, 0.1) is 23.9 Å². The van der Waals surface area contributed by atoms with Gasteiger partial charge in [0.2, 0.25) is 0 Å². The molecule has 0 N–H and O–H groups in total. The van der Waals surface area contributed by atoms with Crippen molar-refractivity contribution < 1.29 is 9.53 Å². The fourth-order valence-corrected chi connectivity index (χ4v) is 1.44. The van der Waals surface area contributed by atoms with Gasteiger partial charge in [-0.1, -0.05) is 13.8 Å². The Morgan fingerprint density at radius 3 is 2.60 bits per heavy atom. The molecule has 0 amide bonds. The van der Waals surface area contributed by atoms with E-state index < -0.39 is 0 Å². The molecule has 1 heterocycles. The molecule has 0 aliphatic heterocycles. The third-order valence-electron chi connectivity index (χ3n) is 2.27. The molecule has 1 aromatic heterocycles. The lowest BCUT2D eigenvalue weighted by Crippen LogP contribution is -2.14. The van der Waals surface area contributed by atoms with E-state index in [1.54, 1.807) is 19.5 Å². The minimum atomic E-state index is -0.205. The predicted molar refractivity (Wildman–Crippen MR) is 56.4 cm³/mol. The van der Waals surface area contributed by atoms with Crippen LogP contribution in [0.5, 0.6) is 0 Å². The lowest BCUT2D eigenvalue weighted by atomic mass is 9.92. The molecule has 0 aliphatic carbocycles. The fourth-order valence-electron chi connectivity index (χ4n) is 1.44. The summed E-state index contributed by atoms with van der Waals surface area (Å²) in [6.07, 6.45) is 4.14. The molecule has 0 radical (unpaired) electrons. The molecular weight excluding hydrogens is 192 g/mol. The molecule has 4 nitrogen and oxygen atoms in total. The lowest BCUT2D eigenvalue weighted by Gasteiger charge is -2.15. The fraction of sp³-hybridized carbons (Fsp3) is 0.545. The molecule has 0 fully saturated rings. The van der Waals surface area contributed by atoms with Gasteiger partial charge in [0.1, 0.15) is 6.29 Å². The van der Waals surface area contributed by atoms with E-state index in [2.05, 4.69) is 9.97 Å². The summed E-state index contributed by atoms with van der Waals surface area (Å²) < 4.78 is 5.02. The van der Waals surface area contributed by atoms with Gasteiger partial charge in [-0.05, 0) is 5.92 Å². The van der Waals surface area contributed by atoms with Crippen LogP contribution in [-0.2, 0) is 16.1 Å². The SMILES string of the molecule is COCc1nccnc1C(C=O)C(C)C. The molecule has 1 atom stereocenters. The molecule has 0 bridgehead atoms. The highest BCUT2D eigenvalue weighted by molar-refractivity contribution is 5.61. The monoisotopic (exact) mass is 208 g/mol. The number of hydrogen-bond acceptors (Lipinski definition) is 4. The Bertz CT molecular complexity index is 326. The Balaban J connectivity index is 3.04. The number of aldehydes is 1. The summed E-state index contributed by atoms with van der Waals surface area (Å²) in [6.45, 7) is 4.37. The van der Waals surface area contributed by atoms with E-state index in [0.717, 1.165) is 17.7 Å². The van der Waals surface area contributed by atoms with E-state index in [-0.39, 0.29) is 11.8 Å². The maximum absolute atomic E-state index is 11.0. The van der Waals surface area contributed by atoms with E-state index in [9.17, 15) is 4.79 Å². The molecule has 0 aromatic carbocycles. The van der Waals surface area contributed by atoms with Gasteiger partial charge in [0, 0.05) is 19.5 Å². The van der Waals surface area contributed by atoms with Crippen molar-refractivity contribution >= 4 is 6.29 Å². The first-order valence-corrected chi connectivity index (χ1v) is 4.94. The molecule has 0 spiro atoms. The van der Waals surface area contributed by atoms with Crippen molar-refractivity contribution in [3.63, 3.8) is 0 Å². The summed E-state index contributed by atoms with van der Waals surface area (Å²) in [6, 6.07) is 0. The van der Waals surface area contributed by atoms with Gasteiger partial charge in [-0.3, -0.25) is 9.97 Å². The van der Waals surface area contributed by atoms with Gasteiger partial charge in [-0.2, -0.15) is 0 Å². The van der Waals surface area contributed by atoms with Crippen molar-refractivity contribution in [1.29, 1.82) is 0 Å². The van der Waals surface area contributed by atoms with E-state index in [0.29, 0.717) is 6.61 Å². The Morgan fingerprint density at radius 1 is 1.40 bits per heavy atom. The van der Waals surface area contributed by atoms with E-state index in [1.807, 2.05) is 13.8 Å². The molecule has 82 valence electrons. The summed E-state index contributed by atoms with van der Waals surface area (Å²) in [7, 11) is 1.60. The van der Waals surface area contributed by atoms with E-state index in [4.69, 9.17) is 4.74 Å². The summed E-state index contributed by atoms with van der Waals surface area (Å²) >= 11 is 0. The van der Waals surface area contributed by atoms with Crippen molar-refractivity contribution in [2.45, 2.75) is 26.4 Å². The zero-order valence-electron chi connectivity index (χ0n) is 9.30. The van der Waals surface area contributed by atoms with Crippen LogP contribution >= 0.6 is 0 Å². The molecule has 1 rings (SSSR count). The number of carbonyl (C=O) groups is 1. The second-order valence-electron chi connectivity index (χ2n) is 3.73. The smallest absolute Gasteiger partial charge is 0.129 e. The zero-order chi connectivity index (χ0) is 11.3. The molecule has 0 saturated carbocycles. The molecule has 1 unspecified atom stereocenters. The number of nitrogens with zero attached hydrogens (tertiary/aromatic N) is 2. The van der Waals surface area contributed by atoms with Crippen LogP contribution in [0, 0.1) is 5.92 Å². The standard InChI is InChI=1S/C11H16N2O2/c1-8(2)9(6-14)11-10(7-15-3)12-4-5-13-11/h4-6,8-9H,7H2,1-3H3. The van der Waals surface area contributed by atoms with Crippen LogP contribution in [0.25, 0.3) is 0 Å². The highest BCUT2D eigenvalue weighted by Crippen LogP contribution is 2.22. The molecule has 4 heteroatoms. The second-order valence-corrected chi connectivity index (χ2v) is 3.73. The summed E-state index contributed by atoms with van der Waals surface area (Å²) in [5, 5.41) is 0. The van der Waals surface area contributed by atoms with Crippen LogP contribution < -0.4 is 0 Å². The van der Waals surface area contributed by atoms with E-state index >= 15 is 0 Å². The Labute approximate surface area is 89.7 Å². The second kappa shape index (κ2) is 5.56. The van der Waals surface area contributed by atoms with Gasteiger partial charge in [-0.15, -0.1) is 0 Å². The van der Waals surface area contributed by atoms with Crippen LogP contribution in [0.1, 0.15) is 31.2 Å². The van der Waals surface area contributed by atoms with Gasteiger partial charge in [0.15, 0.2) is 0 Å². The van der Waals surface area contributed by atoms with Crippen LogP contribution in [0.15, 0.2) is 12.4 Å². The first-order chi connectivity index (χ1) is 7.20. The van der Waals surface area contributed by atoms with Crippen molar-refractivity contribution in [1.82, 2.24) is 9.97 Å². The average Bonchev–Trinajstić information content (AvgIpc) is 2.21. The molecule has 1 aromatic rings. The Kier molecular flexibility index (Phi) is 4.37. The minimum Gasteiger partial charge on any atom is -0.378 e. The highest BCUT2D eigenvalue weighted by atomic mass is 16.5. The average molecular weight is 208 g/mol. The van der Waals surface area contributed by atoms with Gasteiger partial charge >= 0.3 is 0 Å². The summed E-state index contributed by atoms with van der Waals surface area (Å²) in [5.74, 6) is 0.0126. The normalized spacial score (nSPS) is 12.8. The van der Waals surface area contributed by atoms with Gasteiger partial charge < -0.3 is 9.53 Å². The number of aromatic nitrogens is 2. The third kappa shape index (κ3) is 2.83. The van der Waals surface area contributed by atoms with Gasteiger partial charge in [0.25, 0.3) is 0 Å². The van der Waals surface area contributed by atoms with Crippen molar-refractivity contribution in [2.24, 2.45) is 5.92 Å². The van der Waals surface area contributed by atoms with Crippen LogP contribution in [-0.4, -0.2) is 23.4 Å². The molecule has 0 saturated heterocycles. The quantitative estimate of drug-likeness (QED) is 0.689. The van der Waals surface area contributed by atoms with Crippen molar-refractivity contribution in [3.05, 3.63) is 23.8 Å². The maximum Gasteiger partial charge on any atom is 0.129 e. The summed E-state index contributed by atoms with van der Waals surface area (Å²) in [4.78, 5) is 19.4. The lowest BCUT2D eigenvalue weighted by molar-refractivity contribution is -0.109. The topological polar surface area (TPSA) is 52.1 Å². The predicted octanol–water partition coefficient (Wildman–Crippen LogP) is 1.56. The van der Waals surface area contributed by atoms with Gasteiger partial charge in [-0.25, -0.2) is 0 Å². The van der Waals surface area contributed by atoms with Crippen molar-refractivity contribution in [2.75, 3.05) is 7.11 Å². The first-order valence-electron chi connectivity index (χ1n) is 4.94. The first kappa shape index (κ1) is 11.8.